The van der Waals surface area contributed by atoms with E-state index in [4.69, 9.17) is 10.8 Å². The van der Waals surface area contributed by atoms with Crippen molar-refractivity contribution in [2.75, 3.05) is 0 Å². The van der Waals surface area contributed by atoms with Crippen molar-refractivity contribution in [2.24, 2.45) is 5.92 Å². The molecule has 0 aliphatic rings. The Morgan fingerprint density at radius 2 is 1.42 bits per heavy atom. The Bertz CT molecular complexity index is 711. The summed E-state index contributed by atoms with van der Waals surface area (Å²) in [5, 5.41) is 2.44. The largest absolute Gasteiger partial charge is 0.393 e. The van der Waals surface area contributed by atoms with Crippen molar-refractivity contribution >= 4 is 18.7 Å². The predicted molar refractivity (Wildman–Crippen MR) is 115 cm³/mol. The van der Waals surface area contributed by atoms with E-state index in [1.54, 1.807) is 0 Å². The summed E-state index contributed by atoms with van der Waals surface area (Å²) in [6, 6.07) is 21.2. The topological polar surface area (TPSA) is 9.23 Å². The van der Waals surface area contributed by atoms with Crippen LogP contribution in [0.25, 0.3) is 0 Å². The third kappa shape index (κ3) is 4.01. The van der Waals surface area contributed by atoms with Crippen molar-refractivity contribution in [3.8, 4) is 12.3 Å². The third-order valence-corrected chi connectivity index (χ3v) is 9.87. The molecule has 0 spiro atoms. The van der Waals surface area contributed by atoms with Gasteiger partial charge in [0, 0.05) is 5.92 Å². The molecule has 0 saturated heterocycles. The molecule has 0 aliphatic carbocycles. The minimum Gasteiger partial charge on any atom is -0.393 e. The molecular formula is C24H30OSi. The molecule has 0 fully saturated rings. The smallest absolute Gasteiger partial charge is 0.262 e. The monoisotopic (exact) mass is 362 g/mol. The Kier molecular flexibility index (Phi) is 6.64. The Hall–Kier alpha value is -2.08. The average Bonchev–Trinajstić information content (AvgIpc) is 2.63. The van der Waals surface area contributed by atoms with Crippen LogP contribution in [0.3, 0.4) is 0 Å². The van der Waals surface area contributed by atoms with Crippen molar-refractivity contribution in [3.63, 3.8) is 0 Å². The highest BCUT2D eigenvalue weighted by atomic mass is 28.4. The highest BCUT2D eigenvalue weighted by molar-refractivity contribution is 6.99. The van der Waals surface area contributed by atoms with Gasteiger partial charge >= 0.3 is 0 Å². The summed E-state index contributed by atoms with van der Waals surface area (Å²) >= 11 is 0. The van der Waals surface area contributed by atoms with Gasteiger partial charge in [0.05, 0.1) is 0 Å². The molecule has 0 heterocycles. The second-order valence-electron chi connectivity index (χ2n) is 7.75. The molecule has 2 heteroatoms. The summed E-state index contributed by atoms with van der Waals surface area (Å²) in [4.78, 5) is 0. The normalized spacial score (nSPS) is 14.8. The Balaban J connectivity index is 2.70. The van der Waals surface area contributed by atoms with Crippen LogP contribution in [0.4, 0.5) is 0 Å². The maximum atomic E-state index is 6.99. The number of allylic oxidation sites excluding steroid dienone is 1. The minimum absolute atomic E-state index is 0.0690. The van der Waals surface area contributed by atoms with E-state index in [1.165, 1.54) is 10.4 Å². The van der Waals surface area contributed by atoms with Crippen LogP contribution in [0.5, 0.6) is 0 Å². The van der Waals surface area contributed by atoms with Gasteiger partial charge in [-0.25, -0.2) is 0 Å². The molecule has 2 rings (SSSR count). The first kappa shape index (κ1) is 20.2. The first-order valence-corrected chi connectivity index (χ1v) is 11.2. The first-order valence-electron chi connectivity index (χ1n) is 9.24. The van der Waals surface area contributed by atoms with Gasteiger partial charge in [-0.15, -0.1) is 6.42 Å². The summed E-state index contributed by atoms with van der Waals surface area (Å²) < 4.78 is 6.99. The van der Waals surface area contributed by atoms with Gasteiger partial charge in [-0.05, 0) is 22.3 Å². The standard InChI is InChI=1S/C24H30OSi/c1-7-15-20(3)23(8-2)25-26(24(4,5)6,21-16-11-9-12-17-21)22-18-13-10-14-19-22/h2,7,9-20,23H,1,3-6H3/b15-7+/t20-,23+/m1/s1. The van der Waals surface area contributed by atoms with Crippen LogP contribution in [-0.4, -0.2) is 14.4 Å². The summed E-state index contributed by atoms with van der Waals surface area (Å²) in [6.45, 7) is 11.0. The van der Waals surface area contributed by atoms with E-state index in [1.807, 2.05) is 13.0 Å². The van der Waals surface area contributed by atoms with Crippen molar-refractivity contribution in [3.05, 3.63) is 72.8 Å². The van der Waals surface area contributed by atoms with Crippen LogP contribution in [0.15, 0.2) is 72.8 Å². The summed E-state index contributed by atoms with van der Waals surface area (Å²) in [6.07, 6.45) is 9.83. The quantitative estimate of drug-likeness (QED) is 0.408. The Labute approximate surface area is 160 Å². The van der Waals surface area contributed by atoms with Crippen LogP contribution in [0.2, 0.25) is 5.04 Å². The van der Waals surface area contributed by atoms with Gasteiger partial charge in [-0.2, -0.15) is 0 Å². The molecule has 2 aromatic rings. The average molecular weight is 363 g/mol. The van der Waals surface area contributed by atoms with E-state index < -0.39 is 8.32 Å². The molecule has 0 aliphatic heterocycles. The highest BCUT2D eigenvalue weighted by Crippen LogP contribution is 2.38. The van der Waals surface area contributed by atoms with Crippen LogP contribution < -0.4 is 10.4 Å². The van der Waals surface area contributed by atoms with Crippen molar-refractivity contribution in [2.45, 2.75) is 45.8 Å². The lowest BCUT2D eigenvalue weighted by molar-refractivity contribution is 0.206. The molecule has 136 valence electrons. The molecule has 0 radical (unpaired) electrons. The molecule has 2 aromatic carbocycles. The van der Waals surface area contributed by atoms with Crippen molar-refractivity contribution < 1.29 is 4.43 Å². The molecule has 26 heavy (non-hydrogen) atoms. The summed E-state index contributed by atoms with van der Waals surface area (Å²) in [5.74, 6) is 3.07. The van der Waals surface area contributed by atoms with Gasteiger partial charge in [0.2, 0.25) is 0 Å². The minimum atomic E-state index is -2.60. The maximum absolute atomic E-state index is 6.99. The van der Waals surface area contributed by atoms with Gasteiger partial charge in [0.1, 0.15) is 6.10 Å². The van der Waals surface area contributed by atoms with Gasteiger partial charge < -0.3 is 4.43 Å². The Morgan fingerprint density at radius 3 is 1.77 bits per heavy atom. The fourth-order valence-electron chi connectivity index (χ4n) is 3.58. The zero-order chi connectivity index (χ0) is 19.2. The lowest BCUT2D eigenvalue weighted by Crippen LogP contribution is -2.68. The second kappa shape index (κ2) is 8.53. The molecule has 0 bridgehead atoms. The van der Waals surface area contributed by atoms with Gasteiger partial charge in [-0.1, -0.05) is 106 Å². The SMILES string of the molecule is C#C[C@H](O[Si](c1ccccc1)(c1ccccc1)C(C)(C)C)[C@H](C)/C=C/C. The Morgan fingerprint density at radius 1 is 0.962 bits per heavy atom. The van der Waals surface area contributed by atoms with Crippen molar-refractivity contribution in [1.82, 2.24) is 0 Å². The van der Waals surface area contributed by atoms with E-state index in [-0.39, 0.29) is 17.1 Å². The molecule has 0 N–H and O–H groups in total. The van der Waals surface area contributed by atoms with Crippen LogP contribution >= 0.6 is 0 Å². The number of benzene rings is 2. The number of hydrogen-bond donors (Lipinski definition) is 0. The molecule has 2 atom stereocenters. The fraction of sp³-hybridized carbons (Fsp3) is 0.333. The molecular weight excluding hydrogens is 332 g/mol. The summed E-state index contributed by atoms with van der Waals surface area (Å²) in [7, 11) is -2.60. The van der Waals surface area contributed by atoms with Gasteiger partial charge in [0.25, 0.3) is 8.32 Å². The fourth-order valence-corrected chi connectivity index (χ4v) is 8.26. The van der Waals surface area contributed by atoms with Crippen molar-refractivity contribution in [1.29, 1.82) is 0 Å². The molecule has 0 aromatic heterocycles. The molecule has 1 nitrogen and oxygen atoms in total. The molecule has 0 saturated carbocycles. The van der Waals surface area contributed by atoms with Crippen LogP contribution in [-0.2, 0) is 4.43 Å². The number of hydrogen-bond acceptors (Lipinski definition) is 1. The first-order chi connectivity index (χ1) is 12.4. The molecule has 0 unspecified atom stereocenters. The number of rotatable bonds is 6. The predicted octanol–water partition coefficient (Wildman–Crippen LogP) is 4.78. The third-order valence-electron chi connectivity index (χ3n) is 4.86. The van der Waals surface area contributed by atoms with E-state index in [0.717, 1.165) is 0 Å². The van der Waals surface area contributed by atoms with E-state index in [0.29, 0.717) is 0 Å². The lowest BCUT2D eigenvalue weighted by Gasteiger charge is -2.45. The van der Waals surface area contributed by atoms with E-state index in [9.17, 15) is 0 Å². The van der Waals surface area contributed by atoms with E-state index >= 15 is 0 Å². The molecule has 0 amide bonds. The van der Waals surface area contributed by atoms with Gasteiger partial charge in [0.15, 0.2) is 0 Å². The van der Waals surface area contributed by atoms with E-state index in [2.05, 4.69) is 100 Å². The van der Waals surface area contributed by atoms with Gasteiger partial charge in [-0.3, -0.25) is 0 Å². The second-order valence-corrected chi connectivity index (χ2v) is 12.0. The lowest BCUT2D eigenvalue weighted by atomic mass is 10.1. The maximum Gasteiger partial charge on any atom is 0.262 e. The number of terminal acetylenes is 1. The summed E-state index contributed by atoms with van der Waals surface area (Å²) in [5.41, 5.74) is 0. The highest BCUT2D eigenvalue weighted by Gasteiger charge is 2.51. The van der Waals surface area contributed by atoms with Crippen LogP contribution in [0, 0.1) is 18.3 Å². The zero-order valence-electron chi connectivity index (χ0n) is 16.6. The zero-order valence-corrected chi connectivity index (χ0v) is 17.6. The van der Waals surface area contributed by atoms with Crippen LogP contribution in [0.1, 0.15) is 34.6 Å².